The van der Waals surface area contributed by atoms with Crippen LogP contribution in [-0.4, -0.2) is 6.54 Å². The minimum Gasteiger partial charge on any atom is -0.310 e. The second-order valence-corrected chi connectivity index (χ2v) is 5.14. The number of fused-ring (bicyclic) bond motifs is 1. The third-order valence-corrected chi connectivity index (χ3v) is 4.06. The molecule has 0 spiro atoms. The van der Waals surface area contributed by atoms with E-state index in [4.69, 9.17) is 0 Å². The van der Waals surface area contributed by atoms with E-state index in [9.17, 15) is 4.39 Å². The van der Waals surface area contributed by atoms with E-state index in [-0.39, 0.29) is 5.82 Å². The Morgan fingerprint density at radius 2 is 2.12 bits per heavy atom. The minimum atomic E-state index is -0.101. The van der Waals surface area contributed by atoms with Gasteiger partial charge in [-0.05, 0) is 61.4 Å². The van der Waals surface area contributed by atoms with Gasteiger partial charge in [0.15, 0.2) is 0 Å². The second-order valence-electron chi connectivity index (χ2n) is 5.14. The number of hydrogen-bond donors (Lipinski definition) is 1. The van der Waals surface area contributed by atoms with Gasteiger partial charge in [-0.1, -0.05) is 12.5 Å². The van der Waals surface area contributed by atoms with Gasteiger partial charge < -0.3 is 5.32 Å². The molecule has 16 heavy (non-hydrogen) atoms. The van der Waals surface area contributed by atoms with Gasteiger partial charge in [-0.2, -0.15) is 0 Å². The minimum absolute atomic E-state index is 0.101. The fraction of sp³-hybridized carbons (Fsp3) is 0.571. The maximum absolute atomic E-state index is 13.2. The highest BCUT2D eigenvalue weighted by atomic mass is 19.1. The van der Waals surface area contributed by atoms with Crippen molar-refractivity contribution < 1.29 is 4.39 Å². The van der Waals surface area contributed by atoms with E-state index in [2.05, 4.69) is 5.32 Å². The van der Waals surface area contributed by atoms with Crippen LogP contribution in [0, 0.1) is 11.7 Å². The first-order valence-corrected chi connectivity index (χ1v) is 6.34. The molecule has 0 heterocycles. The molecular weight excluding hydrogens is 201 g/mol. The van der Waals surface area contributed by atoms with Gasteiger partial charge in [-0.15, -0.1) is 0 Å². The molecule has 0 aromatic heterocycles. The molecule has 0 radical (unpaired) electrons. The zero-order valence-corrected chi connectivity index (χ0v) is 9.51. The standard InChI is InChI=1S/C14H18FN/c15-12-6-4-11-5-7-14(13(11)8-12)16-9-10-2-1-3-10/h4,6,8,10,14,16H,1-3,5,7,9H2. The van der Waals surface area contributed by atoms with Crippen molar-refractivity contribution in [3.63, 3.8) is 0 Å². The van der Waals surface area contributed by atoms with E-state index in [0.29, 0.717) is 6.04 Å². The Kier molecular flexibility index (Phi) is 2.68. The predicted octanol–water partition coefficient (Wildman–Crippen LogP) is 3.20. The topological polar surface area (TPSA) is 12.0 Å². The van der Waals surface area contributed by atoms with Gasteiger partial charge in [0, 0.05) is 6.04 Å². The Balaban J connectivity index is 1.67. The molecule has 0 bridgehead atoms. The Hall–Kier alpha value is -0.890. The first-order chi connectivity index (χ1) is 7.83. The molecule has 86 valence electrons. The molecule has 3 rings (SSSR count). The van der Waals surface area contributed by atoms with E-state index >= 15 is 0 Å². The third-order valence-electron chi connectivity index (χ3n) is 4.06. The van der Waals surface area contributed by atoms with Crippen LogP contribution in [0.1, 0.15) is 42.9 Å². The summed E-state index contributed by atoms with van der Waals surface area (Å²) in [7, 11) is 0. The quantitative estimate of drug-likeness (QED) is 0.823. The normalized spacial score (nSPS) is 24.2. The highest BCUT2D eigenvalue weighted by molar-refractivity contribution is 5.34. The molecule has 0 saturated heterocycles. The van der Waals surface area contributed by atoms with Gasteiger partial charge in [0.25, 0.3) is 0 Å². The van der Waals surface area contributed by atoms with Crippen LogP contribution in [0.25, 0.3) is 0 Å². The van der Waals surface area contributed by atoms with E-state index in [1.807, 2.05) is 6.07 Å². The Morgan fingerprint density at radius 3 is 2.88 bits per heavy atom. The van der Waals surface area contributed by atoms with E-state index in [1.165, 1.54) is 30.4 Å². The maximum Gasteiger partial charge on any atom is 0.123 e. The fourth-order valence-corrected chi connectivity index (χ4v) is 2.79. The lowest BCUT2D eigenvalue weighted by Gasteiger charge is -2.27. The molecule has 1 aromatic carbocycles. The summed E-state index contributed by atoms with van der Waals surface area (Å²) in [6.07, 6.45) is 6.36. The van der Waals surface area contributed by atoms with Crippen LogP contribution >= 0.6 is 0 Å². The van der Waals surface area contributed by atoms with Crippen LogP contribution in [-0.2, 0) is 6.42 Å². The summed E-state index contributed by atoms with van der Waals surface area (Å²) in [5, 5.41) is 3.60. The molecule has 1 saturated carbocycles. The molecule has 1 fully saturated rings. The smallest absolute Gasteiger partial charge is 0.123 e. The largest absolute Gasteiger partial charge is 0.310 e. The van der Waals surface area contributed by atoms with Gasteiger partial charge in [0.05, 0.1) is 0 Å². The lowest BCUT2D eigenvalue weighted by molar-refractivity contribution is 0.289. The summed E-state index contributed by atoms with van der Waals surface area (Å²) >= 11 is 0. The highest BCUT2D eigenvalue weighted by Crippen LogP contribution is 2.33. The summed E-state index contributed by atoms with van der Waals surface area (Å²) < 4.78 is 13.2. The zero-order chi connectivity index (χ0) is 11.0. The molecule has 1 N–H and O–H groups in total. The monoisotopic (exact) mass is 219 g/mol. The second kappa shape index (κ2) is 4.17. The number of benzene rings is 1. The third kappa shape index (κ3) is 1.86. The lowest BCUT2D eigenvalue weighted by Crippen LogP contribution is -2.29. The van der Waals surface area contributed by atoms with E-state index in [0.717, 1.165) is 25.3 Å². The molecule has 0 aliphatic heterocycles. The van der Waals surface area contributed by atoms with Crippen LogP contribution in [0.3, 0.4) is 0 Å². The van der Waals surface area contributed by atoms with Gasteiger partial charge in [0.2, 0.25) is 0 Å². The molecule has 1 atom stereocenters. The van der Waals surface area contributed by atoms with Gasteiger partial charge in [-0.3, -0.25) is 0 Å². The Morgan fingerprint density at radius 1 is 1.25 bits per heavy atom. The summed E-state index contributed by atoms with van der Waals surface area (Å²) in [4.78, 5) is 0. The van der Waals surface area contributed by atoms with Crippen LogP contribution in [0.5, 0.6) is 0 Å². The van der Waals surface area contributed by atoms with Crippen molar-refractivity contribution in [2.75, 3.05) is 6.54 Å². The SMILES string of the molecule is Fc1ccc2c(c1)C(NCC1CCC1)CC2. The first-order valence-electron chi connectivity index (χ1n) is 6.34. The van der Waals surface area contributed by atoms with Crippen molar-refractivity contribution in [1.29, 1.82) is 0 Å². The van der Waals surface area contributed by atoms with Crippen molar-refractivity contribution in [3.05, 3.63) is 35.1 Å². The number of hydrogen-bond acceptors (Lipinski definition) is 1. The van der Waals surface area contributed by atoms with Crippen LogP contribution in [0.15, 0.2) is 18.2 Å². The molecule has 1 unspecified atom stereocenters. The molecule has 1 aromatic rings. The van der Waals surface area contributed by atoms with Crippen LogP contribution < -0.4 is 5.32 Å². The van der Waals surface area contributed by atoms with Gasteiger partial charge in [-0.25, -0.2) is 4.39 Å². The van der Waals surface area contributed by atoms with Crippen molar-refractivity contribution in [3.8, 4) is 0 Å². The number of aryl methyl sites for hydroxylation is 1. The van der Waals surface area contributed by atoms with E-state index < -0.39 is 0 Å². The van der Waals surface area contributed by atoms with E-state index in [1.54, 1.807) is 12.1 Å². The van der Waals surface area contributed by atoms with Crippen molar-refractivity contribution in [2.45, 2.75) is 38.1 Å². The zero-order valence-electron chi connectivity index (χ0n) is 9.51. The van der Waals surface area contributed by atoms with Crippen LogP contribution in [0.2, 0.25) is 0 Å². The fourth-order valence-electron chi connectivity index (χ4n) is 2.79. The van der Waals surface area contributed by atoms with Gasteiger partial charge in [0.1, 0.15) is 5.82 Å². The summed E-state index contributed by atoms with van der Waals surface area (Å²) in [6, 6.07) is 5.62. The lowest BCUT2D eigenvalue weighted by atomic mass is 9.85. The highest BCUT2D eigenvalue weighted by Gasteiger charge is 2.24. The Labute approximate surface area is 96.1 Å². The average Bonchev–Trinajstić information content (AvgIpc) is 2.59. The van der Waals surface area contributed by atoms with Crippen LogP contribution in [0.4, 0.5) is 4.39 Å². The Bertz CT molecular complexity index is 384. The molecule has 1 nitrogen and oxygen atoms in total. The maximum atomic E-state index is 13.2. The van der Waals surface area contributed by atoms with Gasteiger partial charge >= 0.3 is 0 Å². The molecule has 2 aliphatic carbocycles. The molecule has 2 aliphatic rings. The van der Waals surface area contributed by atoms with Crippen molar-refractivity contribution >= 4 is 0 Å². The summed E-state index contributed by atoms with van der Waals surface area (Å²) in [5.74, 6) is 0.772. The first kappa shape index (κ1) is 10.3. The summed E-state index contributed by atoms with van der Waals surface area (Å²) in [6.45, 7) is 1.11. The number of halogens is 1. The number of nitrogens with one attached hydrogen (secondary N) is 1. The predicted molar refractivity (Wildman–Crippen MR) is 62.8 cm³/mol. The van der Waals surface area contributed by atoms with Crippen molar-refractivity contribution in [2.24, 2.45) is 5.92 Å². The average molecular weight is 219 g/mol. The molecule has 0 amide bonds. The van der Waals surface area contributed by atoms with Crippen molar-refractivity contribution in [1.82, 2.24) is 5.32 Å². The number of rotatable bonds is 3. The molecule has 2 heteroatoms. The molecular formula is C14H18FN. The summed E-state index contributed by atoms with van der Waals surface area (Å²) in [5.41, 5.74) is 2.52.